The summed E-state index contributed by atoms with van der Waals surface area (Å²) in [4.78, 5) is 14.6. The Bertz CT molecular complexity index is 1110. The number of rotatable bonds is 6. The zero-order valence-electron chi connectivity index (χ0n) is 17.9. The van der Waals surface area contributed by atoms with Crippen LogP contribution >= 0.6 is 11.8 Å². The maximum atomic E-state index is 13.3. The third-order valence-electron chi connectivity index (χ3n) is 5.62. The van der Waals surface area contributed by atoms with Crippen LogP contribution < -0.4 is 9.47 Å². The van der Waals surface area contributed by atoms with Gasteiger partial charge in [-0.1, -0.05) is 18.2 Å². The number of amides is 1. The molecule has 2 aromatic carbocycles. The van der Waals surface area contributed by atoms with Crippen LogP contribution in [0.2, 0.25) is 0 Å². The number of ether oxygens (including phenoxy) is 2. The number of phenolic OH excluding ortho intramolecular Hbond substituents is 1. The standard InChI is InChI=1S/C24H24N2O5S/c1-3-30-17-8-6-16(7-9-17)24(29)14-32-23-19(13-25)18(12-22(28)26(23)24)15-5-10-20(27)21(11-15)31-4-2/h5-11,18,27,29H,3-4,12,14H2,1-2H3/t18-,24+/m1/s1. The van der Waals surface area contributed by atoms with E-state index in [1.54, 1.807) is 36.4 Å². The lowest BCUT2D eigenvalue weighted by molar-refractivity contribution is -0.149. The monoisotopic (exact) mass is 452 g/mol. The maximum absolute atomic E-state index is 13.3. The number of aromatic hydroxyl groups is 1. The van der Waals surface area contributed by atoms with Crippen LogP contribution in [0.25, 0.3) is 0 Å². The fourth-order valence-corrected chi connectivity index (χ4v) is 5.49. The lowest BCUT2D eigenvalue weighted by Crippen LogP contribution is -2.48. The molecule has 2 aromatic rings. The van der Waals surface area contributed by atoms with Crippen molar-refractivity contribution in [1.29, 1.82) is 5.26 Å². The Hall–Kier alpha value is -3.15. The number of allylic oxidation sites excluding steroid dienone is 1. The van der Waals surface area contributed by atoms with Crippen molar-refractivity contribution in [2.75, 3.05) is 19.0 Å². The third kappa shape index (κ3) is 3.68. The van der Waals surface area contributed by atoms with Gasteiger partial charge in [0.1, 0.15) is 5.75 Å². The number of nitrogens with zero attached hydrogens (tertiary/aromatic N) is 2. The fraction of sp³-hybridized carbons (Fsp3) is 0.333. The van der Waals surface area contributed by atoms with Gasteiger partial charge in [0.25, 0.3) is 0 Å². The number of aliphatic hydroxyl groups is 1. The number of carbonyl (C=O) groups is 1. The SMILES string of the molecule is CCOc1ccc([C@@]2(O)CSC3=C(C#N)[C@@H](c4ccc(O)c(OCC)c4)CC(=O)N32)cc1. The van der Waals surface area contributed by atoms with Crippen molar-refractivity contribution in [2.24, 2.45) is 0 Å². The number of thioether (sulfide) groups is 1. The van der Waals surface area contributed by atoms with Crippen LogP contribution in [0.1, 0.15) is 37.3 Å². The zero-order chi connectivity index (χ0) is 22.9. The van der Waals surface area contributed by atoms with Gasteiger partial charge < -0.3 is 19.7 Å². The van der Waals surface area contributed by atoms with Crippen LogP contribution in [0.5, 0.6) is 17.2 Å². The number of carbonyl (C=O) groups excluding carboxylic acids is 1. The number of phenols is 1. The molecule has 2 atom stereocenters. The molecule has 0 bridgehead atoms. The first-order chi connectivity index (χ1) is 15.4. The Morgan fingerprint density at radius 2 is 1.91 bits per heavy atom. The highest BCUT2D eigenvalue weighted by Crippen LogP contribution is 2.52. The first-order valence-corrected chi connectivity index (χ1v) is 11.4. The lowest BCUT2D eigenvalue weighted by atomic mass is 9.85. The van der Waals surface area contributed by atoms with E-state index >= 15 is 0 Å². The van der Waals surface area contributed by atoms with Gasteiger partial charge >= 0.3 is 0 Å². The second-order valence-electron chi connectivity index (χ2n) is 7.54. The van der Waals surface area contributed by atoms with E-state index in [0.717, 1.165) is 0 Å². The first kappa shape index (κ1) is 22.1. The molecule has 0 aliphatic carbocycles. The normalized spacial score (nSPS) is 22.5. The van der Waals surface area contributed by atoms with Gasteiger partial charge in [-0.05, 0) is 43.7 Å². The van der Waals surface area contributed by atoms with Gasteiger partial charge in [0.05, 0.1) is 35.6 Å². The molecular weight excluding hydrogens is 428 g/mol. The predicted molar refractivity (Wildman–Crippen MR) is 120 cm³/mol. The Morgan fingerprint density at radius 3 is 2.56 bits per heavy atom. The molecule has 2 aliphatic heterocycles. The summed E-state index contributed by atoms with van der Waals surface area (Å²) >= 11 is 1.30. The number of benzene rings is 2. The Kier molecular flexibility index (Phi) is 6.04. The molecule has 166 valence electrons. The average molecular weight is 453 g/mol. The smallest absolute Gasteiger partial charge is 0.231 e. The molecule has 2 heterocycles. The van der Waals surface area contributed by atoms with Crippen LogP contribution in [-0.4, -0.2) is 40.0 Å². The number of hydrogen-bond donors (Lipinski definition) is 2. The number of hydrogen-bond acceptors (Lipinski definition) is 7. The van der Waals surface area contributed by atoms with Crippen molar-refractivity contribution in [2.45, 2.75) is 31.9 Å². The van der Waals surface area contributed by atoms with E-state index in [-0.39, 0.29) is 23.8 Å². The second-order valence-corrected chi connectivity index (χ2v) is 8.50. The highest BCUT2D eigenvalue weighted by atomic mass is 32.2. The van der Waals surface area contributed by atoms with Crippen LogP contribution in [-0.2, 0) is 10.5 Å². The highest BCUT2D eigenvalue weighted by molar-refractivity contribution is 8.03. The molecule has 1 fully saturated rings. The molecule has 2 N–H and O–H groups in total. The van der Waals surface area contributed by atoms with E-state index in [1.807, 2.05) is 13.8 Å². The summed E-state index contributed by atoms with van der Waals surface area (Å²) in [6, 6.07) is 14.1. The molecule has 32 heavy (non-hydrogen) atoms. The summed E-state index contributed by atoms with van der Waals surface area (Å²) in [5.74, 6) is 0.476. The van der Waals surface area contributed by atoms with Gasteiger partial charge in [0.2, 0.25) is 5.91 Å². The Labute approximate surface area is 190 Å². The molecule has 1 saturated heterocycles. The van der Waals surface area contributed by atoms with Crippen molar-refractivity contribution < 1.29 is 24.5 Å². The minimum atomic E-state index is -1.54. The lowest BCUT2D eigenvalue weighted by Gasteiger charge is -2.38. The molecule has 8 heteroatoms. The summed E-state index contributed by atoms with van der Waals surface area (Å²) in [5, 5.41) is 32.0. The quantitative estimate of drug-likeness (QED) is 0.686. The van der Waals surface area contributed by atoms with Crippen molar-refractivity contribution in [3.05, 3.63) is 64.2 Å². The van der Waals surface area contributed by atoms with E-state index in [2.05, 4.69) is 6.07 Å². The zero-order valence-corrected chi connectivity index (χ0v) is 18.7. The van der Waals surface area contributed by atoms with E-state index in [4.69, 9.17) is 9.47 Å². The molecule has 7 nitrogen and oxygen atoms in total. The molecule has 1 amide bonds. The molecular formula is C24H24N2O5S. The molecule has 0 spiro atoms. The minimum absolute atomic E-state index is 0.00522. The fourth-order valence-electron chi connectivity index (χ4n) is 4.13. The highest BCUT2D eigenvalue weighted by Gasteiger charge is 2.51. The van der Waals surface area contributed by atoms with E-state index in [0.29, 0.717) is 46.4 Å². The van der Waals surface area contributed by atoms with Crippen molar-refractivity contribution in [1.82, 2.24) is 4.90 Å². The second kappa shape index (κ2) is 8.77. The Balaban J connectivity index is 1.73. The molecule has 0 radical (unpaired) electrons. The van der Waals surface area contributed by atoms with Crippen LogP contribution in [0.3, 0.4) is 0 Å². The summed E-state index contributed by atoms with van der Waals surface area (Å²) in [5.41, 5.74) is 0.154. The largest absolute Gasteiger partial charge is 0.504 e. The van der Waals surface area contributed by atoms with E-state index < -0.39 is 11.6 Å². The first-order valence-electron chi connectivity index (χ1n) is 10.4. The topological polar surface area (TPSA) is 103 Å². The minimum Gasteiger partial charge on any atom is -0.504 e. The van der Waals surface area contributed by atoms with Crippen LogP contribution in [0.15, 0.2) is 53.1 Å². The maximum Gasteiger partial charge on any atom is 0.231 e. The average Bonchev–Trinajstić information content (AvgIpc) is 3.15. The van der Waals surface area contributed by atoms with Gasteiger partial charge in [-0.25, -0.2) is 0 Å². The van der Waals surface area contributed by atoms with Gasteiger partial charge in [-0.2, -0.15) is 5.26 Å². The van der Waals surface area contributed by atoms with Crippen molar-refractivity contribution >= 4 is 17.7 Å². The summed E-state index contributed by atoms with van der Waals surface area (Å²) in [6.07, 6.45) is 0.0304. The molecule has 4 rings (SSSR count). The summed E-state index contributed by atoms with van der Waals surface area (Å²) in [7, 11) is 0. The van der Waals surface area contributed by atoms with Gasteiger partial charge in [0.15, 0.2) is 17.2 Å². The van der Waals surface area contributed by atoms with Crippen molar-refractivity contribution in [3.63, 3.8) is 0 Å². The van der Waals surface area contributed by atoms with Gasteiger partial charge in [-0.3, -0.25) is 9.69 Å². The van der Waals surface area contributed by atoms with E-state index in [9.17, 15) is 20.3 Å². The van der Waals surface area contributed by atoms with Gasteiger partial charge in [-0.15, -0.1) is 11.8 Å². The van der Waals surface area contributed by atoms with Crippen LogP contribution in [0, 0.1) is 11.3 Å². The van der Waals surface area contributed by atoms with Gasteiger partial charge in [0, 0.05) is 17.9 Å². The molecule has 0 aromatic heterocycles. The Morgan fingerprint density at radius 1 is 1.19 bits per heavy atom. The summed E-state index contributed by atoms with van der Waals surface area (Å²) < 4.78 is 10.9. The van der Waals surface area contributed by atoms with Crippen LogP contribution in [0.4, 0.5) is 0 Å². The predicted octanol–water partition coefficient (Wildman–Crippen LogP) is 3.83. The number of nitriles is 1. The molecule has 0 unspecified atom stereocenters. The summed E-state index contributed by atoms with van der Waals surface area (Å²) in [6.45, 7) is 4.62. The van der Waals surface area contributed by atoms with Crippen molar-refractivity contribution in [3.8, 4) is 23.3 Å². The molecule has 0 saturated carbocycles. The molecule has 2 aliphatic rings. The third-order valence-corrected chi connectivity index (χ3v) is 6.85. The number of fused-ring (bicyclic) bond motifs is 1. The van der Waals surface area contributed by atoms with E-state index in [1.165, 1.54) is 22.7 Å².